The molecule has 3 aromatic rings. The molecule has 1 unspecified atom stereocenters. The van der Waals surface area contributed by atoms with E-state index in [2.05, 4.69) is 5.32 Å². The molecule has 1 aromatic heterocycles. The predicted molar refractivity (Wildman–Crippen MR) is 104 cm³/mol. The Bertz CT molecular complexity index is 1070. The van der Waals surface area contributed by atoms with E-state index in [1.165, 1.54) is 35.6 Å². The van der Waals surface area contributed by atoms with Gasteiger partial charge in [-0.05, 0) is 41.3 Å². The zero-order valence-corrected chi connectivity index (χ0v) is 16.0. The van der Waals surface area contributed by atoms with Crippen molar-refractivity contribution >= 4 is 28.9 Å². The van der Waals surface area contributed by atoms with Gasteiger partial charge >= 0.3 is 11.7 Å². The largest absolute Gasteiger partial charge is 0.452 e. The van der Waals surface area contributed by atoms with Crippen LogP contribution in [0.1, 0.15) is 26.8 Å². The monoisotopic (exact) mass is 432 g/mol. The molecule has 1 atom stereocenters. The second kappa shape index (κ2) is 9.23. The number of esters is 1. The molecule has 1 heterocycles. The Labute approximate surface area is 173 Å². The summed E-state index contributed by atoms with van der Waals surface area (Å²) in [4.78, 5) is 34.8. The summed E-state index contributed by atoms with van der Waals surface area (Å²) in [6, 6.07) is 11.2. The van der Waals surface area contributed by atoms with E-state index in [1.807, 2.05) is 5.38 Å². The number of carbonyl (C=O) groups is 2. The number of thiophene rings is 1. The van der Waals surface area contributed by atoms with Gasteiger partial charge in [-0.15, -0.1) is 11.3 Å². The fraction of sp³-hybridized carbons (Fsp3) is 0.100. The van der Waals surface area contributed by atoms with Gasteiger partial charge in [-0.3, -0.25) is 14.9 Å². The van der Waals surface area contributed by atoms with Crippen molar-refractivity contribution in [3.63, 3.8) is 0 Å². The first-order valence-corrected chi connectivity index (χ1v) is 9.42. The van der Waals surface area contributed by atoms with Gasteiger partial charge in [0, 0.05) is 10.9 Å². The van der Waals surface area contributed by atoms with Crippen molar-refractivity contribution in [3.8, 4) is 0 Å². The van der Waals surface area contributed by atoms with E-state index in [9.17, 15) is 28.5 Å². The molecule has 0 radical (unpaired) electrons. The Balaban J connectivity index is 1.66. The van der Waals surface area contributed by atoms with Crippen molar-refractivity contribution in [2.24, 2.45) is 0 Å². The Morgan fingerprint density at radius 1 is 1.13 bits per heavy atom. The molecular formula is C20H14F2N2O5S. The molecular weight excluding hydrogens is 418 g/mol. The van der Waals surface area contributed by atoms with Gasteiger partial charge in [0.1, 0.15) is 5.82 Å². The van der Waals surface area contributed by atoms with Gasteiger partial charge in [0.25, 0.3) is 5.91 Å². The highest BCUT2D eigenvalue weighted by Crippen LogP contribution is 2.26. The highest BCUT2D eigenvalue weighted by Gasteiger charge is 2.21. The van der Waals surface area contributed by atoms with Gasteiger partial charge in [-0.25, -0.2) is 9.18 Å². The Morgan fingerprint density at radius 2 is 1.87 bits per heavy atom. The number of hydrogen-bond donors (Lipinski definition) is 1. The summed E-state index contributed by atoms with van der Waals surface area (Å²) < 4.78 is 31.7. The molecule has 0 aliphatic rings. The molecule has 1 N–H and O–H groups in total. The first kappa shape index (κ1) is 21.1. The number of hydrogen-bond acceptors (Lipinski definition) is 6. The van der Waals surface area contributed by atoms with Crippen LogP contribution in [-0.2, 0) is 9.53 Å². The topological polar surface area (TPSA) is 98.5 Å². The van der Waals surface area contributed by atoms with Crippen molar-refractivity contribution in [2.75, 3.05) is 6.61 Å². The molecule has 0 saturated carbocycles. The van der Waals surface area contributed by atoms with Crippen LogP contribution in [0.4, 0.5) is 14.5 Å². The molecule has 0 aliphatic heterocycles. The van der Waals surface area contributed by atoms with Gasteiger partial charge in [0.2, 0.25) is 5.82 Å². The number of amides is 1. The third-order valence-electron chi connectivity index (χ3n) is 4.05. The van der Waals surface area contributed by atoms with Crippen LogP contribution in [0.2, 0.25) is 0 Å². The molecule has 2 aromatic carbocycles. The number of benzene rings is 2. The SMILES string of the molecule is O=C(COC(=O)c1ccc([N+](=O)[O-])c(F)c1)NC(c1ccc(F)cc1)c1cccs1. The first-order valence-electron chi connectivity index (χ1n) is 8.54. The molecule has 30 heavy (non-hydrogen) atoms. The molecule has 0 saturated heterocycles. The number of nitrogens with zero attached hydrogens (tertiary/aromatic N) is 1. The minimum Gasteiger partial charge on any atom is -0.452 e. The highest BCUT2D eigenvalue weighted by atomic mass is 32.1. The Kier molecular flexibility index (Phi) is 6.48. The number of ether oxygens (including phenoxy) is 1. The molecule has 0 bridgehead atoms. The smallest absolute Gasteiger partial charge is 0.338 e. The summed E-state index contributed by atoms with van der Waals surface area (Å²) in [5.74, 6) is -3.24. The normalized spacial score (nSPS) is 11.5. The minimum absolute atomic E-state index is 0.265. The maximum absolute atomic E-state index is 13.7. The maximum atomic E-state index is 13.7. The summed E-state index contributed by atoms with van der Waals surface area (Å²) in [6.45, 7) is -0.652. The number of nitro groups is 1. The minimum atomic E-state index is -1.19. The lowest BCUT2D eigenvalue weighted by atomic mass is 10.1. The van der Waals surface area contributed by atoms with Crippen LogP contribution in [0.15, 0.2) is 60.0 Å². The second-order valence-corrected chi connectivity index (χ2v) is 7.05. The van der Waals surface area contributed by atoms with Crippen LogP contribution in [-0.4, -0.2) is 23.4 Å². The molecule has 3 rings (SSSR count). The third-order valence-corrected chi connectivity index (χ3v) is 4.99. The van der Waals surface area contributed by atoms with E-state index in [0.717, 1.165) is 17.0 Å². The average molecular weight is 432 g/mol. The first-order chi connectivity index (χ1) is 14.3. The van der Waals surface area contributed by atoms with E-state index >= 15 is 0 Å². The van der Waals surface area contributed by atoms with Crippen molar-refractivity contribution in [2.45, 2.75) is 6.04 Å². The number of rotatable bonds is 7. The van der Waals surface area contributed by atoms with Gasteiger partial charge in [0.05, 0.1) is 16.5 Å². The average Bonchev–Trinajstić information content (AvgIpc) is 3.25. The van der Waals surface area contributed by atoms with E-state index in [-0.39, 0.29) is 5.56 Å². The molecule has 1 amide bonds. The van der Waals surface area contributed by atoms with E-state index in [1.54, 1.807) is 12.1 Å². The summed E-state index contributed by atoms with van der Waals surface area (Å²) in [5.41, 5.74) is -0.405. The van der Waals surface area contributed by atoms with Crippen LogP contribution >= 0.6 is 11.3 Å². The quantitative estimate of drug-likeness (QED) is 0.346. The highest BCUT2D eigenvalue weighted by molar-refractivity contribution is 7.10. The zero-order valence-electron chi connectivity index (χ0n) is 15.2. The Morgan fingerprint density at radius 3 is 2.47 bits per heavy atom. The van der Waals surface area contributed by atoms with E-state index in [4.69, 9.17) is 4.74 Å². The number of nitro benzene ring substituents is 1. The molecule has 7 nitrogen and oxygen atoms in total. The van der Waals surface area contributed by atoms with Crippen LogP contribution < -0.4 is 5.32 Å². The molecule has 0 aliphatic carbocycles. The lowest BCUT2D eigenvalue weighted by Gasteiger charge is -2.18. The zero-order chi connectivity index (χ0) is 21.7. The van der Waals surface area contributed by atoms with Gasteiger partial charge in [0.15, 0.2) is 6.61 Å². The maximum Gasteiger partial charge on any atom is 0.338 e. The molecule has 0 fully saturated rings. The van der Waals surface area contributed by atoms with Crippen molar-refractivity contribution in [3.05, 3.63) is 97.7 Å². The lowest BCUT2D eigenvalue weighted by molar-refractivity contribution is -0.387. The summed E-state index contributed by atoms with van der Waals surface area (Å²) in [6.07, 6.45) is 0. The molecule has 0 spiro atoms. The van der Waals surface area contributed by atoms with Gasteiger partial charge in [-0.2, -0.15) is 4.39 Å². The van der Waals surface area contributed by atoms with E-state index < -0.39 is 46.8 Å². The van der Waals surface area contributed by atoms with Gasteiger partial charge < -0.3 is 10.1 Å². The molecule has 10 heteroatoms. The second-order valence-electron chi connectivity index (χ2n) is 6.07. The van der Waals surface area contributed by atoms with Crippen molar-refractivity contribution < 1.29 is 28.0 Å². The number of nitrogens with one attached hydrogen (secondary N) is 1. The molecule has 154 valence electrons. The van der Waals surface area contributed by atoms with Crippen LogP contribution in [0.5, 0.6) is 0 Å². The lowest BCUT2D eigenvalue weighted by Crippen LogP contribution is -2.32. The van der Waals surface area contributed by atoms with Crippen molar-refractivity contribution in [1.82, 2.24) is 5.32 Å². The summed E-state index contributed by atoms with van der Waals surface area (Å²) in [7, 11) is 0. The standard InChI is InChI=1S/C20H14F2N2O5S/c21-14-6-3-12(4-7-14)19(17-2-1-9-30-17)23-18(25)11-29-20(26)13-5-8-16(24(27)28)15(22)10-13/h1-10,19H,11H2,(H,23,25). The number of carbonyl (C=O) groups excluding carboxylic acids is 2. The summed E-state index contributed by atoms with van der Waals surface area (Å²) >= 11 is 1.39. The van der Waals surface area contributed by atoms with Crippen LogP contribution in [0.25, 0.3) is 0 Å². The van der Waals surface area contributed by atoms with Gasteiger partial charge in [-0.1, -0.05) is 18.2 Å². The van der Waals surface area contributed by atoms with Crippen LogP contribution in [0.3, 0.4) is 0 Å². The predicted octanol–water partition coefficient (Wildman–Crippen LogP) is 4.00. The van der Waals surface area contributed by atoms with Crippen LogP contribution in [0, 0.1) is 21.7 Å². The van der Waals surface area contributed by atoms with Crippen molar-refractivity contribution in [1.29, 1.82) is 0 Å². The number of halogens is 2. The fourth-order valence-corrected chi connectivity index (χ4v) is 3.43. The third kappa shape index (κ3) is 5.03. The fourth-order valence-electron chi connectivity index (χ4n) is 2.63. The van der Waals surface area contributed by atoms with E-state index in [0.29, 0.717) is 11.6 Å². The summed E-state index contributed by atoms with van der Waals surface area (Å²) in [5, 5.41) is 15.2. The Hall–Kier alpha value is -3.66.